The summed E-state index contributed by atoms with van der Waals surface area (Å²) in [5.74, 6) is 1.99. The highest BCUT2D eigenvalue weighted by molar-refractivity contribution is 7.17. The highest BCUT2D eigenvalue weighted by Crippen LogP contribution is 2.27. The van der Waals surface area contributed by atoms with Crippen molar-refractivity contribution in [3.05, 3.63) is 58.9 Å². The third kappa shape index (κ3) is 2.19. The molecule has 0 radical (unpaired) electrons. The largest absolute Gasteiger partial charge is 0.466 e. The molecule has 0 bridgehead atoms. The van der Waals surface area contributed by atoms with Gasteiger partial charge in [0.25, 0.3) is 0 Å². The molecular weight excluding hydrogens is 242 g/mol. The van der Waals surface area contributed by atoms with Gasteiger partial charge in [-0.1, -0.05) is 18.2 Å². The lowest BCUT2D eigenvalue weighted by Gasteiger charge is -1.97. The molecule has 2 heterocycles. The maximum Gasteiger partial charge on any atom is 0.108 e. The second-order valence-corrected chi connectivity index (χ2v) is 5.25. The van der Waals surface area contributed by atoms with Crippen molar-refractivity contribution in [1.82, 2.24) is 0 Å². The summed E-state index contributed by atoms with van der Waals surface area (Å²) in [5.41, 5.74) is 6.86. The minimum absolute atomic E-state index is 0.633. The zero-order valence-electron chi connectivity index (χ0n) is 10.1. The Kier molecular flexibility index (Phi) is 3.17. The third-order valence-corrected chi connectivity index (χ3v) is 4.05. The van der Waals surface area contributed by atoms with Crippen LogP contribution in [0.25, 0.3) is 10.1 Å². The molecule has 2 aromatic heterocycles. The van der Waals surface area contributed by atoms with Crippen LogP contribution in [0.1, 0.15) is 17.1 Å². The average Bonchev–Trinajstić information content (AvgIpc) is 2.99. The highest BCUT2D eigenvalue weighted by Gasteiger charge is 2.07. The van der Waals surface area contributed by atoms with Crippen molar-refractivity contribution in [1.29, 1.82) is 0 Å². The Morgan fingerprint density at radius 3 is 2.78 bits per heavy atom. The van der Waals surface area contributed by atoms with Crippen LogP contribution in [0.5, 0.6) is 0 Å². The van der Waals surface area contributed by atoms with E-state index in [2.05, 4.69) is 35.7 Å². The molecule has 0 spiro atoms. The van der Waals surface area contributed by atoms with Crippen LogP contribution in [-0.4, -0.2) is 6.54 Å². The Morgan fingerprint density at radius 1 is 1.06 bits per heavy atom. The third-order valence-electron chi connectivity index (χ3n) is 3.03. The topological polar surface area (TPSA) is 39.2 Å². The van der Waals surface area contributed by atoms with Gasteiger partial charge in [-0.2, -0.15) is 0 Å². The number of fused-ring (bicyclic) bond motifs is 1. The van der Waals surface area contributed by atoms with Gasteiger partial charge in [0.05, 0.1) is 0 Å². The summed E-state index contributed by atoms with van der Waals surface area (Å²) in [6.45, 7) is 0.633. The Labute approximate surface area is 110 Å². The molecule has 3 aromatic rings. The molecule has 0 aliphatic rings. The van der Waals surface area contributed by atoms with Crippen LogP contribution in [-0.2, 0) is 12.8 Å². The van der Waals surface area contributed by atoms with Gasteiger partial charge in [0.1, 0.15) is 11.5 Å². The predicted molar refractivity (Wildman–Crippen MR) is 76.1 cm³/mol. The molecule has 2 N–H and O–H groups in total. The Hall–Kier alpha value is -1.58. The Bertz CT molecular complexity index is 653. The van der Waals surface area contributed by atoms with Crippen molar-refractivity contribution in [2.75, 3.05) is 6.54 Å². The van der Waals surface area contributed by atoms with Crippen LogP contribution in [0.15, 0.2) is 46.2 Å². The first-order chi connectivity index (χ1) is 8.86. The number of hydrogen-bond acceptors (Lipinski definition) is 3. The Balaban J connectivity index is 1.87. The number of nitrogens with two attached hydrogens (primary N) is 1. The lowest BCUT2D eigenvalue weighted by Crippen LogP contribution is -2.01. The standard InChI is InChI=1S/C15H15NOS/c16-8-7-12-5-6-13(17-12)9-11-10-18-15-4-2-1-3-14(11)15/h1-6,10H,7-9,16H2. The number of benzene rings is 1. The molecule has 0 saturated carbocycles. The van der Waals surface area contributed by atoms with Gasteiger partial charge in [-0.3, -0.25) is 0 Å². The minimum atomic E-state index is 0.633. The van der Waals surface area contributed by atoms with E-state index in [0.717, 1.165) is 24.4 Å². The monoisotopic (exact) mass is 257 g/mol. The summed E-state index contributed by atoms with van der Waals surface area (Å²) in [7, 11) is 0. The van der Waals surface area contributed by atoms with Crippen LogP contribution >= 0.6 is 11.3 Å². The number of thiophene rings is 1. The Morgan fingerprint density at radius 2 is 1.89 bits per heavy atom. The van der Waals surface area contributed by atoms with E-state index in [1.807, 2.05) is 6.07 Å². The first kappa shape index (κ1) is 11.5. The van der Waals surface area contributed by atoms with Crippen molar-refractivity contribution >= 4 is 21.4 Å². The van der Waals surface area contributed by atoms with E-state index in [0.29, 0.717) is 6.54 Å². The molecule has 1 aromatic carbocycles. The predicted octanol–water partition coefficient (Wildman–Crippen LogP) is 3.59. The summed E-state index contributed by atoms with van der Waals surface area (Å²) >= 11 is 1.79. The molecule has 92 valence electrons. The maximum absolute atomic E-state index is 5.77. The fourth-order valence-electron chi connectivity index (χ4n) is 2.15. The van der Waals surface area contributed by atoms with Crippen LogP contribution in [0, 0.1) is 0 Å². The first-order valence-corrected chi connectivity index (χ1v) is 6.97. The van der Waals surface area contributed by atoms with Crippen LogP contribution < -0.4 is 5.73 Å². The zero-order valence-corrected chi connectivity index (χ0v) is 10.9. The molecule has 3 heteroatoms. The fraction of sp³-hybridized carbons (Fsp3) is 0.200. The highest BCUT2D eigenvalue weighted by atomic mass is 32.1. The van der Waals surface area contributed by atoms with Gasteiger partial charge < -0.3 is 10.2 Å². The average molecular weight is 257 g/mol. The van der Waals surface area contributed by atoms with Gasteiger partial charge in [-0.15, -0.1) is 11.3 Å². The van der Waals surface area contributed by atoms with E-state index in [1.165, 1.54) is 15.6 Å². The summed E-state index contributed by atoms with van der Waals surface area (Å²) in [6, 6.07) is 12.6. The molecule has 0 fully saturated rings. The van der Waals surface area contributed by atoms with E-state index in [1.54, 1.807) is 11.3 Å². The number of furan rings is 1. The van der Waals surface area contributed by atoms with Crippen molar-refractivity contribution < 1.29 is 4.42 Å². The van der Waals surface area contributed by atoms with Crippen LogP contribution in [0.2, 0.25) is 0 Å². The second-order valence-electron chi connectivity index (χ2n) is 4.34. The fourth-order valence-corrected chi connectivity index (χ4v) is 3.11. The summed E-state index contributed by atoms with van der Waals surface area (Å²) < 4.78 is 7.11. The van der Waals surface area contributed by atoms with Gasteiger partial charge in [-0.25, -0.2) is 0 Å². The van der Waals surface area contributed by atoms with Crippen molar-refractivity contribution in [2.45, 2.75) is 12.8 Å². The molecule has 0 unspecified atom stereocenters. The number of hydrogen-bond donors (Lipinski definition) is 1. The van der Waals surface area contributed by atoms with Crippen molar-refractivity contribution in [3.8, 4) is 0 Å². The lowest BCUT2D eigenvalue weighted by atomic mass is 10.1. The van der Waals surface area contributed by atoms with E-state index in [-0.39, 0.29) is 0 Å². The lowest BCUT2D eigenvalue weighted by molar-refractivity contribution is 0.474. The molecule has 0 aliphatic heterocycles. The molecule has 0 amide bonds. The molecule has 0 atom stereocenters. The summed E-state index contributed by atoms with van der Waals surface area (Å²) in [5, 5.41) is 3.55. The normalized spacial score (nSPS) is 11.2. The van der Waals surface area contributed by atoms with Gasteiger partial charge in [0.15, 0.2) is 0 Å². The zero-order chi connectivity index (χ0) is 12.4. The van der Waals surface area contributed by atoms with Crippen LogP contribution in [0.4, 0.5) is 0 Å². The maximum atomic E-state index is 5.77. The first-order valence-electron chi connectivity index (χ1n) is 6.09. The molecule has 18 heavy (non-hydrogen) atoms. The van der Waals surface area contributed by atoms with Gasteiger partial charge in [-0.05, 0) is 41.1 Å². The number of rotatable bonds is 4. The smallest absolute Gasteiger partial charge is 0.108 e. The SMILES string of the molecule is NCCc1ccc(Cc2csc3ccccc23)o1. The van der Waals surface area contributed by atoms with E-state index in [4.69, 9.17) is 10.2 Å². The van der Waals surface area contributed by atoms with Crippen molar-refractivity contribution in [3.63, 3.8) is 0 Å². The van der Waals surface area contributed by atoms with E-state index >= 15 is 0 Å². The van der Waals surface area contributed by atoms with Crippen molar-refractivity contribution in [2.24, 2.45) is 5.73 Å². The molecule has 0 saturated heterocycles. The van der Waals surface area contributed by atoms with Crippen LogP contribution in [0.3, 0.4) is 0 Å². The molecule has 2 nitrogen and oxygen atoms in total. The second kappa shape index (κ2) is 4.96. The summed E-state index contributed by atoms with van der Waals surface area (Å²) in [6.07, 6.45) is 1.67. The summed E-state index contributed by atoms with van der Waals surface area (Å²) in [4.78, 5) is 0. The van der Waals surface area contributed by atoms with Gasteiger partial charge >= 0.3 is 0 Å². The molecular formula is C15H15NOS. The molecule has 3 rings (SSSR count). The van der Waals surface area contributed by atoms with Gasteiger partial charge in [0.2, 0.25) is 0 Å². The minimum Gasteiger partial charge on any atom is -0.466 e. The van der Waals surface area contributed by atoms with E-state index < -0.39 is 0 Å². The molecule has 0 aliphatic carbocycles. The quantitative estimate of drug-likeness (QED) is 0.775. The van der Waals surface area contributed by atoms with E-state index in [9.17, 15) is 0 Å². The van der Waals surface area contributed by atoms with Gasteiger partial charge in [0, 0.05) is 17.5 Å².